The van der Waals surface area contributed by atoms with E-state index in [-0.39, 0.29) is 11.8 Å². The Balaban J connectivity index is 2.50. The molecule has 0 radical (unpaired) electrons. The van der Waals surface area contributed by atoms with Crippen LogP contribution in [-0.2, 0) is 4.79 Å². The number of hydrogen-bond acceptors (Lipinski definition) is 3. The monoisotopic (exact) mass is 263 g/mol. The van der Waals surface area contributed by atoms with Crippen LogP contribution in [0.25, 0.3) is 0 Å². The fourth-order valence-corrected chi connectivity index (χ4v) is 1.84. The van der Waals surface area contributed by atoms with Crippen LogP contribution >= 0.6 is 0 Å². The predicted molar refractivity (Wildman–Crippen MR) is 75.7 cm³/mol. The molecule has 5 nitrogen and oxygen atoms in total. The van der Waals surface area contributed by atoms with Gasteiger partial charge in [0.2, 0.25) is 5.91 Å². The van der Waals surface area contributed by atoms with Crippen molar-refractivity contribution >= 4 is 17.5 Å². The molecule has 1 aromatic rings. The minimum absolute atomic E-state index is 0.136. The number of primary amides is 1. The maximum Gasteiger partial charge on any atom is 0.251 e. The van der Waals surface area contributed by atoms with E-state index in [0.717, 1.165) is 17.5 Å². The van der Waals surface area contributed by atoms with Crippen LogP contribution < -0.4 is 16.8 Å². The number of anilines is 1. The van der Waals surface area contributed by atoms with Gasteiger partial charge in [0.15, 0.2) is 0 Å². The number of nitrogens with one attached hydrogen (secondary N) is 1. The third-order valence-electron chi connectivity index (χ3n) is 2.99. The molecule has 0 aromatic heterocycles. The lowest BCUT2D eigenvalue weighted by Crippen LogP contribution is -2.25. The molecule has 1 rings (SSSR count). The molecule has 0 heterocycles. The number of carbonyl (C=O) groups is 2. The van der Waals surface area contributed by atoms with E-state index in [1.54, 1.807) is 6.07 Å². The molecule has 5 heteroatoms. The van der Waals surface area contributed by atoms with Crippen molar-refractivity contribution in [3.8, 4) is 0 Å². The van der Waals surface area contributed by atoms with E-state index in [4.69, 9.17) is 11.5 Å². The van der Waals surface area contributed by atoms with E-state index in [2.05, 4.69) is 5.32 Å². The normalized spacial score (nSPS) is 10.2. The molecular weight excluding hydrogens is 242 g/mol. The highest BCUT2D eigenvalue weighted by Gasteiger charge is 2.10. The van der Waals surface area contributed by atoms with Crippen molar-refractivity contribution in [1.82, 2.24) is 5.32 Å². The maximum absolute atomic E-state index is 12.0. The summed E-state index contributed by atoms with van der Waals surface area (Å²) in [6.07, 6.45) is 1.77. The Kier molecular flexibility index (Phi) is 5.36. The number of nitrogens with two attached hydrogens (primary N) is 2. The second kappa shape index (κ2) is 6.78. The van der Waals surface area contributed by atoms with Gasteiger partial charge in [-0.05, 0) is 43.9 Å². The smallest absolute Gasteiger partial charge is 0.251 e. The molecule has 0 fully saturated rings. The van der Waals surface area contributed by atoms with E-state index in [9.17, 15) is 9.59 Å². The fourth-order valence-electron chi connectivity index (χ4n) is 1.84. The van der Waals surface area contributed by atoms with E-state index in [1.807, 2.05) is 19.9 Å². The number of nitrogen functional groups attached to an aromatic ring is 1. The fraction of sp³-hybridized carbons (Fsp3) is 0.429. The highest BCUT2D eigenvalue weighted by atomic mass is 16.2. The Bertz CT molecular complexity index is 484. The molecule has 0 spiro atoms. The molecule has 0 atom stereocenters. The van der Waals surface area contributed by atoms with E-state index in [0.29, 0.717) is 30.6 Å². The van der Waals surface area contributed by atoms with Crippen LogP contribution in [0.3, 0.4) is 0 Å². The van der Waals surface area contributed by atoms with Gasteiger partial charge in [0.25, 0.3) is 5.91 Å². The van der Waals surface area contributed by atoms with E-state index >= 15 is 0 Å². The molecule has 0 saturated carbocycles. The summed E-state index contributed by atoms with van der Waals surface area (Å²) in [5.74, 6) is -0.447. The number of hydrogen-bond donors (Lipinski definition) is 3. The van der Waals surface area contributed by atoms with Crippen LogP contribution in [0.1, 0.15) is 40.7 Å². The quantitative estimate of drug-likeness (QED) is 0.532. The topological polar surface area (TPSA) is 98.2 Å². The third-order valence-corrected chi connectivity index (χ3v) is 2.99. The Morgan fingerprint density at radius 1 is 1.16 bits per heavy atom. The van der Waals surface area contributed by atoms with Crippen molar-refractivity contribution in [2.75, 3.05) is 12.3 Å². The van der Waals surface area contributed by atoms with Gasteiger partial charge in [0.05, 0.1) is 0 Å². The van der Waals surface area contributed by atoms with Crippen molar-refractivity contribution in [2.45, 2.75) is 33.1 Å². The summed E-state index contributed by atoms with van der Waals surface area (Å²) in [4.78, 5) is 22.5. The Morgan fingerprint density at radius 3 is 2.47 bits per heavy atom. The van der Waals surface area contributed by atoms with Crippen molar-refractivity contribution in [3.05, 3.63) is 28.8 Å². The summed E-state index contributed by atoms with van der Waals surface area (Å²) in [7, 11) is 0. The largest absolute Gasteiger partial charge is 0.398 e. The predicted octanol–water partition coefficient (Wildman–Crippen LogP) is 1.27. The first-order valence-electron chi connectivity index (χ1n) is 6.35. The number of carbonyl (C=O) groups excluding carboxylic acids is 2. The highest BCUT2D eigenvalue weighted by molar-refractivity contribution is 5.96. The lowest BCUT2D eigenvalue weighted by molar-refractivity contribution is -0.118. The number of aryl methyl sites for hydroxylation is 2. The van der Waals surface area contributed by atoms with Crippen molar-refractivity contribution < 1.29 is 9.59 Å². The zero-order valence-corrected chi connectivity index (χ0v) is 11.5. The van der Waals surface area contributed by atoms with Gasteiger partial charge in [-0.1, -0.05) is 6.07 Å². The van der Waals surface area contributed by atoms with Crippen molar-refractivity contribution in [3.63, 3.8) is 0 Å². The number of rotatable bonds is 6. The lowest BCUT2D eigenvalue weighted by Gasteiger charge is -2.10. The SMILES string of the molecule is Cc1cc(C)c(C(=O)NCCCCC(N)=O)cc1N. The molecular formula is C14H21N3O2. The molecule has 0 aliphatic rings. The summed E-state index contributed by atoms with van der Waals surface area (Å²) in [6, 6.07) is 3.60. The van der Waals surface area contributed by atoms with Gasteiger partial charge in [-0.2, -0.15) is 0 Å². The summed E-state index contributed by atoms with van der Waals surface area (Å²) in [5, 5.41) is 2.81. The molecule has 2 amide bonds. The van der Waals surface area contributed by atoms with Crippen LogP contribution in [0, 0.1) is 13.8 Å². The van der Waals surface area contributed by atoms with Crippen molar-refractivity contribution in [1.29, 1.82) is 0 Å². The molecule has 0 aliphatic carbocycles. The summed E-state index contributed by atoms with van der Waals surface area (Å²) < 4.78 is 0. The summed E-state index contributed by atoms with van der Waals surface area (Å²) in [6.45, 7) is 4.32. The average Bonchev–Trinajstić information content (AvgIpc) is 2.32. The number of unbranched alkanes of at least 4 members (excludes halogenated alkanes) is 1. The van der Waals surface area contributed by atoms with Crippen molar-refractivity contribution in [2.24, 2.45) is 5.73 Å². The lowest BCUT2D eigenvalue weighted by atomic mass is 10.0. The average molecular weight is 263 g/mol. The van der Waals surface area contributed by atoms with Gasteiger partial charge in [-0.25, -0.2) is 0 Å². The van der Waals surface area contributed by atoms with Gasteiger partial charge in [0.1, 0.15) is 0 Å². The molecule has 0 aliphatic heterocycles. The van der Waals surface area contributed by atoms with Crippen LogP contribution in [0.4, 0.5) is 5.69 Å². The van der Waals surface area contributed by atoms with Gasteiger partial charge < -0.3 is 16.8 Å². The summed E-state index contributed by atoms with van der Waals surface area (Å²) >= 11 is 0. The molecule has 0 bridgehead atoms. The second-order valence-corrected chi connectivity index (χ2v) is 4.70. The molecule has 104 valence electrons. The number of benzene rings is 1. The Labute approximate surface area is 113 Å². The maximum atomic E-state index is 12.0. The first kappa shape index (κ1) is 15.0. The number of amides is 2. The zero-order valence-electron chi connectivity index (χ0n) is 11.5. The highest BCUT2D eigenvalue weighted by Crippen LogP contribution is 2.17. The Morgan fingerprint density at radius 2 is 1.84 bits per heavy atom. The molecule has 1 aromatic carbocycles. The second-order valence-electron chi connectivity index (χ2n) is 4.70. The molecule has 5 N–H and O–H groups in total. The first-order valence-corrected chi connectivity index (χ1v) is 6.35. The Hall–Kier alpha value is -2.04. The van der Waals surface area contributed by atoms with Gasteiger partial charge in [0, 0.05) is 24.2 Å². The zero-order chi connectivity index (χ0) is 14.4. The standard InChI is InChI=1S/C14H21N3O2/c1-9-7-10(2)12(15)8-11(9)14(19)17-6-4-3-5-13(16)18/h7-8H,3-6,15H2,1-2H3,(H2,16,18)(H,17,19). The van der Waals surface area contributed by atoms with Crippen LogP contribution in [0.5, 0.6) is 0 Å². The van der Waals surface area contributed by atoms with Gasteiger partial charge >= 0.3 is 0 Å². The van der Waals surface area contributed by atoms with Gasteiger partial charge in [-0.3, -0.25) is 9.59 Å². The summed E-state index contributed by atoms with van der Waals surface area (Å²) in [5.41, 5.74) is 13.9. The van der Waals surface area contributed by atoms with E-state index in [1.165, 1.54) is 0 Å². The van der Waals surface area contributed by atoms with Crippen LogP contribution in [0.15, 0.2) is 12.1 Å². The van der Waals surface area contributed by atoms with Crippen LogP contribution in [-0.4, -0.2) is 18.4 Å². The van der Waals surface area contributed by atoms with E-state index < -0.39 is 0 Å². The third kappa shape index (κ3) is 4.62. The molecule has 0 unspecified atom stereocenters. The molecule has 19 heavy (non-hydrogen) atoms. The molecule has 0 saturated heterocycles. The van der Waals surface area contributed by atoms with Crippen LogP contribution in [0.2, 0.25) is 0 Å². The minimum Gasteiger partial charge on any atom is -0.398 e. The first-order chi connectivity index (χ1) is 8.91. The van der Waals surface area contributed by atoms with Gasteiger partial charge in [-0.15, -0.1) is 0 Å². The minimum atomic E-state index is -0.312.